The van der Waals surface area contributed by atoms with Crippen LogP contribution >= 0.6 is 0 Å². The van der Waals surface area contributed by atoms with Crippen LogP contribution < -0.4 is 29.0 Å². The van der Waals surface area contributed by atoms with Gasteiger partial charge in [-0.3, -0.25) is 0 Å². The topological polar surface area (TPSA) is 14.1 Å². The molecule has 0 atom stereocenters. The smallest absolute Gasteiger partial charge is 0.174 e. The normalized spacial score (nSPS) is 10.1. The number of aromatic nitrogens is 1. The third kappa shape index (κ3) is 1.69. The van der Waals surface area contributed by atoms with E-state index >= 15 is 0 Å². The molecule has 0 aliphatic rings. The van der Waals surface area contributed by atoms with Crippen molar-refractivity contribution in [3.63, 3.8) is 0 Å². The highest BCUT2D eigenvalue weighted by Gasteiger charge is 2.00. The molecule has 2 heteroatoms. The molecule has 3 rings (SSSR count). The largest absolute Gasteiger partial charge is 1.00 e. The maximum absolute atomic E-state index is 3.10. The van der Waals surface area contributed by atoms with Crippen LogP contribution in [-0.4, -0.2) is 0 Å². The molecule has 3 aromatic rings. The van der Waals surface area contributed by atoms with E-state index in [4.69, 9.17) is 0 Å². The maximum atomic E-state index is 3.10. The monoisotopic (exact) mass is 307 g/mol. The number of fused-ring (bicyclic) bond motifs is 3. The van der Waals surface area contributed by atoms with E-state index in [1.165, 1.54) is 21.5 Å². The minimum atomic E-state index is 0. The molecule has 1 heterocycles. The number of H-pyrrole nitrogens is 1. The molecular formula is C13H10IN. The van der Waals surface area contributed by atoms with Crippen molar-refractivity contribution in [3.8, 4) is 0 Å². The molecule has 0 bridgehead atoms. The lowest BCUT2D eigenvalue weighted by atomic mass is 10.0. The molecule has 0 spiro atoms. The Bertz CT molecular complexity index is 550. The van der Waals surface area contributed by atoms with Gasteiger partial charge in [-0.25, -0.2) is 4.98 Å². The van der Waals surface area contributed by atoms with Crippen LogP contribution in [0, 0.1) is 0 Å². The van der Waals surface area contributed by atoms with E-state index in [0.717, 1.165) is 0 Å². The molecule has 1 aromatic heterocycles. The zero-order chi connectivity index (χ0) is 9.38. The summed E-state index contributed by atoms with van der Waals surface area (Å²) in [6, 6.07) is 14.9. The first-order chi connectivity index (χ1) is 6.95. The van der Waals surface area contributed by atoms with E-state index in [1.807, 2.05) is 12.4 Å². The second-order valence-electron chi connectivity index (χ2n) is 3.43. The van der Waals surface area contributed by atoms with Crippen LogP contribution in [0.3, 0.4) is 0 Å². The van der Waals surface area contributed by atoms with Crippen molar-refractivity contribution in [2.75, 3.05) is 0 Å². The first kappa shape index (κ1) is 10.4. The van der Waals surface area contributed by atoms with Gasteiger partial charge in [-0.1, -0.05) is 30.3 Å². The Morgan fingerprint density at radius 3 is 2.40 bits per heavy atom. The summed E-state index contributed by atoms with van der Waals surface area (Å²) in [5, 5.41) is 5.18. The van der Waals surface area contributed by atoms with Gasteiger partial charge < -0.3 is 24.0 Å². The summed E-state index contributed by atoms with van der Waals surface area (Å²) in [5.41, 5.74) is 0. The van der Waals surface area contributed by atoms with Gasteiger partial charge in [-0.05, 0) is 16.8 Å². The highest BCUT2D eigenvalue weighted by atomic mass is 127. The van der Waals surface area contributed by atoms with Crippen molar-refractivity contribution in [1.82, 2.24) is 0 Å². The molecule has 1 N–H and O–H groups in total. The van der Waals surface area contributed by atoms with Crippen LogP contribution in [-0.2, 0) is 0 Å². The van der Waals surface area contributed by atoms with Gasteiger partial charge in [0.25, 0.3) is 0 Å². The van der Waals surface area contributed by atoms with Gasteiger partial charge in [0.2, 0.25) is 0 Å². The van der Waals surface area contributed by atoms with Gasteiger partial charge >= 0.3 is 0 Å². The Hall–Kier alpha value is -1.16. The van der Waals surface area contributed by atoms with Crippen LogP contribution in [0.4, 0.5) is 0 Å². The number of benzene rings is 2. The molecular weight excluding hydrogens is 297 g/mol. The second kappa shape index (κ2) is 4.14. The zero-order valence-corrected chi connectivity index (χ0v) is 10.2. The fourth-order valence-electron chi connectivity index (χ4n) is 1.89. The number of hydrogen-bond acceptors (Lipinski definition) is 0. The number of nitrogens with one attached hydrogen (secondary N) is 1. The molecule has 74 valence electrons. The minimum Gasteiger partial charge on any atom is -1.00 e. The summed E-state index contributed by atoms with van der Waals surface area (Å²) < 4.78 is 0. The van der Waals surface area contributed by atoms with Crippen molar-refractivity contribution in [1.29, 1.82) is 0 Å². The van der Waals surface area contributed by atoms with Crippen molar-refractivity contribution in [3.05, 3.63) is 54.9 Å². The van der Waals surface area contributed by atoms with Gasteiger partial charge in [0.15, 0.2) is 12.4 Å². The molecule has 2 aromatic carbocycles. The molecule has 15 heavy (non-hydrogen) atoms. The van der Waals surface area contributed by atoms with E-state index < -0.39 is 0 Å². The van der Waals surface area contributed by atoms with Crippen molar-refractivity contribution >= 4 is 21.5 Å². The van der Waals surface area contributed by atoms with Gasteiger partial charge in [0, 0.05) is 16.8 Å². The summed E-state index contributed by atoms with van der Waals surface area (Å²) in [6.45, 7) is 0. The molecule has 0 fully saturated rings. The van der Waals surface area contributed by atoms with Gasteiger partial charge in [0.1, 0.15) is 0 Å². The summed E-state index contributed by atoms with van der Waals surface area (Å²) in [6.07, 6.45) is 4.00. The molecule has 0 saturated carbocycles. The molecule has 0 aliphatic carbocycles. The Labute approximate surface area is 105 Å². The maximum Gasteiger partial charge on any atom is 0.174 e. The lowest BCUT2D eigenvalue weighted by Crippen LogP contribution is -3.00. The van der Waals surface area contributed by atoms with Gasteiger partial charge in [-0.2, -0.15) is 0 Å². The predicted octanol–water partition coefficient (Wildman–Crippen LogP) is -0.189. The third-order valence-electron chi connectivity index (χ3n) is 2.59. The fraction of sp³-hybridized carbons (Fsp3) is 0. The SMILES string of the molecule is [I-].c1ccc2c(c1)ccc1c[nH+]ccc12. The third-order valence-corrected chi connectivity index (χ3v) is 2.59. The number of rotatable bonds is 0. The molecule has 1 nitrogen and oxygen atoms in total. The van der Waals surface area contributed by atoms with E-state index in [1.54, 1.807) is 0 Å². The summed E-state index contributed by atoms with van der Waals surface area (Å²) in [5.74, 6) is 0. The number of pyridine rings is 1. The van der Waals surface area contributed by atoms with Crippen LogP contribution in [0.5, 0.6) is 0 Å². The first-order valence-corrected chi connectivity index (χ1v) is 4.73. The quantitative estimate of drug-likeness (QED) is 0.404. The van der Waals surface area contributed by atoms with Crippen molar-refractivity contribution in [2.45, 2.75) is 0 Å². The lowest BCUT2D eigenvalue weighted by Gasteiger charge is -1.99. The van der Waals surface area contributed by atoms with Gasteiger partial charge in [-0.15, -0.1) is 0 Å². The molecule has 0 amide bonds. The number of hydrogen-bond donors (Lipinski definition) is 0. The average Bonchev–Trinajstić information content (AvgIpc) is 2.29. The highest BCUT2D eigenvalue weighted by molar-refractivity contribution is 6.06. The van der Waals surface area contributed by atoms with Gasteiger partial charge in [0.05, 0.1) is 0 Å². The zero-order valence-electron chi connectivity index (χ0n) is 8.07. The summed E-state index contributed by atoms with van der Waals surface area (Å²) in [7, 11) is 0. The lowest BCUT2D eigenvalue weighted by molar-refractivity contribution is -0.375. The van der Waals surface area contributed by atoms with Crippen LogP contribution in [0.25, 0.3) is 21.5 Å². The number of aromatic amines is 1. The summed E-state index contributed by atoms with van der Waals surface area (Å²) >= 11 is 0. The Morgan fingerprint density at radius 1 is 0.733 bits per heavy atom. The average molecular weight is 307 g/mol. The Morgan fingerprint density at radius 2 is 1.47 bits per heavy atom. The van der Waals surface area contributed by atoms with Crippen LogP contribution in [0.1, 0.15) is 0 Å². The Balaban J connectivity index is 0.000000853. The standard InChI is InChI=1S/C13H9N.HI/c1-2-4-12-10(3-1)5-6-11-9-14-8-7-13(11)12;/h1-9H;1H. The van der Waals surface area contributed by atoms with E-state index in [-0.39, 0.29) is 24.0 Å². The Kier molecular flexibility index (Phi) is 2.86. The minimum absolute atomic E-state index is 0. The van der Waals surface area contributed by atoms with Crippen molar-refractivity contribution < 1.29 is 29.0 Å². The molecule has 0 unspecified atom stereocenters. The van der Waals surface area contributed by atoms with Crippen LogP contribution in [0.2, 0.25) is 0 Å². The predicted molar refractivity (Wildman–Crippen MR) is 58.0 cm³/mol. The molecule has 0 saturated heterocycles. The van der Waals surface area contributed by atoms with Crippen LogP contribution in [0.15, 0.2) is 54.9 Å². The summed E-state index contributed by atoms with van der Waals surface area (Å²) in [4.78, 5) is 3.10. The number of halogens is 1. The highest BCUT2D eigenvalue weighted by Crippen LogP contribution is 2.23. The molecule has 0 radical (unpaired) electrons. The first-order valence-electron chi connectivity index (χ1n) is 4.73. The van der Waals surface area contributed by atoms with E-state index in [0.29, 0.717) is 0 Å². The van der Waals surface area contributed by atoms with E-state index in [2.05, 4.69) is 47.4 Å². The van der Waals surface area contributed by atoms with E-state index in [9.17, 15) is 0 Å². The fourth-order valence-corrected chi connectivity index (χ4v) is 1.89. The molecule has 0 aliphatic heterocycles. The van der Waals surface area contributed by atoms with Crippen molar-refractivity contribution in [2.24, 2.45) is 0 Å². The second-order valence-corrected chi connectivity index (χ2v) is 3.43.